The number of ether oxygens (including phenoxy) is 2. The van der Waals surface area contributed by atoms with Gasteiger partial charge in [0.25, 0.3) is 0 Å². The van der Waals surface area contributed by atoms with E-state index in [0.29, 0.717) is 44.7 Å². The summed E-state index contributed by atoms with van der Waals surface area (Å²) in [7, 11) is -0.662. The number of rotatable bonds is 7. The molecule has 1 amide bonds. The van der Waals surface area contributed by atoms with E-state index in [1.165, 1.54) is 7.11 Å². The topological polar surface area (TPSA) is 84.9 Å². The van der Waals surface area contributed by atoms with Crippen molar-refractivity contribution in [1.29, 1.82) is 0 Å². The first kappa shape index (κ1) is 20.7. The maximum atomic E-state index is 12.8. The van der Waals surface area contributed by atoms with Crippen LogP contribution in [0.5, 0.6) is 5.75 Å². The molecule has 1 aromatic rings. The molecule has 0 atom stereocenters. The van der Waals surface area contributed by atoms with Crippen LogP contribution in [-0.4, -0.2) is 59.2 Å². The summed E-state index contributed by atoms with van der Waals surface area (Å²) in [6, 6.07) is 3.18. The van der Waals surface area contributed by atoms with Crippen molar-refractivity contribution in [3.63, 3.8) is 0 Å². The van der Waals surface area contributed by atoms with Crippen molar-refractivity contribution < 1.29 is 22.7 Å². The predicted molar refractivity (Wildman–Crippen MR) is 98.9 cm³/mol. The Morgan fingerprint density at radius 2 is 1.81 bits per heavy atom. The fraction of sp³-hybridized carbons (Fsp3) is 0.611. The van der Waals surface area contributed by atoms with Crippen LogP contribution in [0.1, 0.15) is 30.4 Å². The number of benzene rings is 1. The molecule has 2 rings (SSSR count). The molecule has 1 N–H and O–H groups in total. The first-order chi connectivity index (χ1) is 12.3. The van der Waals surface area contributed by atoms with Crippen molar-refractivity contribution in [2.24, 2.45) is 0 Å². The Morgan fingerprint density at radius 1 is 1.19 bits per heavy atom. The van der Waals surface area contributed by atoms with E-state index in [1.54, 1.807) is 24.1 Å². The molecule has 1 aromatic carbocycles. The van der Waals surface area contributed by atoms with Crippen LogP contribution in [0, 0.1) is 13.8 Å². The highest BCUT2D eigenvalue weighted by Crippen LogP contribution is 2.28. The summed E-state index contributed by atoms with van der Waals surface area (Å²) in [6.07, 6.45) is 1.53. The zero-order valence-electron chi connectivity index (χ0n) is 15.9. The molecule has 7 nitrogen and oxygen atoms in total. The summed E-state index contributed by atoms with van der Waals surface area (Å²) < 4.78 is 38.6. The number of methoxy groups -OCH3 is 2. The highest BCUT2D eigenvalue weighted by molar-refractivity contribution is 7.89. The second-order valence-electron chi connectivity index (χ2n) is 6.61. The molecule has 1 heterocycles. The van der Waals surface area contributed by atoms with Gasteiger partial charge in [0.15, 0.2) is 0 Å². The molecule has 0 unspecified atom stereocenters. The van der Waals surface area contributed by atoms with Gasteiger partial charge in [-0.25, -0.2) is 13.1 Å². The van der Waals surface area contributed by atoms with Gasteiger partial charge in [0.2, 0.25) is 15.9 Å². The van der Waals surface area contributed by atoms with Crippen LogP contribution in [0.25, 0.3) is 0 Å². The molecule has 0 radical (unpaired) electrons. The van der Waals surface area contributed by atoms with Crippen molar-refractivity contribution in [1.82, 2.24) is 9.62 Å². The minimum atomic E-state index is -3.69. The van der Waals surface area contributed by atoms with E-state index in [1.807, 2.05) is 13.8 Å². The number of nitrogens with one attached hydrogen (secondary N) is 1. The molecule has 8 heteroatoms. The number of amides is 1. The molecule has 0 aromatic heterocycles. The molecule has 1 aliphatic rings. The van der Waals surface area contributed by atoms with Crippen molar-refractivity contribution in [2.75, 3.05) is 33.9 Å². The van der Waals surface area contributed by atoms with Gasteiger partial charge in [0.05, 0.1) is 20.1 Å². The van der Waals surface area contributed by atoms with Crippen LogP contribution in [0.3, 0.4) is 0 Å². The molecule has 0 spiro atoms. The number of piperidine rings is 1. The lowest BCUT2D eigenvalue weighted by molar-refractivity contribution is -0.133. The largest absolute Gasteiger partial charge is 0.495 e. The highest BCUT2D eigenvalue weighted by atomic mass is 32.2. The van der Waals surface area contributed by atoms with Crippen molar-refractivity contribution in [3.05, 3.63) is 23.3 Å². The molecule has 1 aliphatic heterocycles. The van der Waals surface area contributed by atoms with Gasteiger partial charge in [0.1, 0.15) is 10.6 Å². The highest BCUT2D eigenvalue weighted by Gasteiger charge is 2.28. The van der Waals surface area contributed by atoms with E-state index in [2.05, 4.69) is 4.72 Å². The number of hydrogen-bond acceptors (Lipinski definition) is 5. The van der Waals surface area contributed by atoms with E-state index >= 15 is 0 Å². The Balaban J connectivity index is 2.03. The number of carbonyl (C=O) groups excluding carboxylic acids is 1. The van der Waals surface area contributed by atoms with E-state index in [4.69, 9.17) is 9.47 Å². The van der Waals surface area contributed by atoms with E-state index in [9.17, 15) is 13.2 Å². The van der Waals surface area contributed by atoms with Gasteiger partial charge in [-0.2, -0.15) is 0 Å². The van der Waals surface area contributed by atoms with Crippen LogP contribution in [0.4, 0.5) is 0 Å². The fourth-order valence-electron chi connectivity index (χ4n) is 3.01. The molecular formula is C18H28N2O5S. The summed E-state index contributed by atoms with van der Waals surface area (Å²) in [4.78, 5) is 13.9. The minimum absolute atomic E-state index is 0.0454. The van der Waals surface area contributed by atoms with Crippen molar-refractivity contribution in [2.45, 2.75) is 44.0 Å². The van der Waals surface area contributed by atoms with E-state index in [-0.39, 0.29) is 16.8 Å². The molecular weight excluding hydrogens is 356 g/mol. The number of aryl methyl sites for hydroxylation is 2. The monoisotopic (exact) mass is 384 g/mol. The van der Waals surface area contributed by atoms with Crippen LogP contribution in [0.15, 0.2) is 17.0 Å². The zero-order valence-corrected chi connectivity index (χ0v) is 16.7. The van der Waals surface area contributed by atoms with E-state index < -0.39 is 10.0 Å². The molecule has 26 heavy (non-hydrogen) atoms. The minimum Gasteiger partial charge on any atom is -0.495 e. The SMILES string of the molecule is COCCC(=O)N1CCC(NS(=O)(=O)c2cc(C)c(C)cc2OC)CC1. The summed E-state index contributed by atoms with van der Waals surface area (Å²) >= 11 is 0. The lowest BCUT2D eigenvalue weighted by Crippen LogP contribution is -2.46. The maximum absolute atomic E-state index is 12.8. The van der Waals surface area contributed by atoms with Gasteiger partial charge in [-0.3, -0.25) is 4.79 Å². The Bertz CT molecular complexity index is 740. The van der Waals surface area contributed by atoms with E-state index in [0.717, 1.165) is 11.1 Å². The summed E-state index contributed by atoms with van der Waals surface area (Å²) in [5, 5.41) is 0. The molecule has 1 saturated heterocycles. The predicted octanol–water partition coefficient (Wildman–Crippen LogP) is 1.62. The number of hydrogen-bond donors (Lipinski definition) is 1. The van der Waals surface area contributed by atoms with Crippen LogP contribution < -0.4 is 9.46 Å². The lowest BCUT2D eigenvalue weighted by Gasteiger charge is -2.32. The van der Waals surface area contributed by atoms with Gasteiger partial charge in [-0.05, 0) is 49.9 Å². The summed E-state index contributed by atoms with van der Waals surface area (Å²) in [6.45, 7) is 5.27. The van der Waals surface area contributed by atoms with Gasteiger partial charge in [0, 0.05) is 26.2 Å². The third kappa shape index (κ3) is 4.96. The first-order valence-corrected chi connectivity index (χ1v) is 10.2. The van der Waals surface area contributed by atoms with Crippen molar-refractivity contribution in [3.8, 4) is 5.75 Å². The first-order valence-electron chi connectivity index (χ1n) is 8.72. The Kier molecular flexibility index (Phi) is 7.02. The molecule has 146 valence electrons. The number of sulfonamides is 1. The quantitative estimate of drug-likeness (QED) is 0.772. The summed E-state index contributed by atoms with van der Waals surface area (Å²) in [5.41, 5.74) is 1.87. The zero-order chi connectivity index (χ0) is 19.3. The number of carbonyl (C=O) groups is 1. The molecule has 0 saturated carbocycles. The third-order valence-corrected chi connectivity index (χ3v) is 6.30. The molecule has 0 bridgehead atoms. The second kappa shape index (κ2) is 8.83. The third-order valence-electron chi connectivity index (χ3n) is 4.76. The standard InChI is InChI=1S/C18H28N2O5S/c1-13-11-16(25-4)17(12-14(13)2)26(22,23)19-15-5-8-20(9-6-15)18(21)7-10-24-3/h11-12,15,19H,5-10H2,1-4H3. The van der Waals surface area contributed by atoms with Gasteiger partial charge >= 0.3 is 0 Å². The number of nitrogens with zero attached hydrogens (tertiary/aromatic N) is 1. The lowest BCUT2D eigenvalue weighted by atomic mass is 10.1. The smallest absolute Gasteiger partial charge is 0.244 e. The fourth-order valence-corrected chi connectivity index (χ4v) is 4.55. The van der Waals surface area contributed by atoms with Gasteiger partial charge < -0.3 is 14.4 Å². The van der Waals surface area contributed by atoms with Crippen LogP contribution >= 0.6 is 0 Å². The van der Waals surface area contributed by atoms with Gasteiger partial charge in [-0.1, -0.05) is 0 Å². The van der Waals surface area contributed by atoms with Crippen LogP contribution in [-0.2, 0) is 19.6 Å². The van der Waals surface area contributed by atoms with Crippen molar-refractivity contribution >= 4 is 15.9 Å². The average Bonchev–Trinajstić information content (AvgIpc) is 2.61. The maximum Gasteiger partial charge on any atom is 0.244 e. The molecule has 1 fully saturated rings. The Morgan fingerprint density at radius 3 is 2.38 bits per heavy atom. The Labute approximate surface area is 155 Å². The Hall–Kier alpha value is -1.64. The summed E-state index contributed by atoms with van der Waals surface area (Å²) in [5.74, 6) is 0.386. The number of likely N-dealkylation sites (tertiary alicyclic amines) is 1. The van der Waals surface area contributed by atoms with Gasteiger partial charge in [-0.15, -0.1) is 0 Å². The average molecular weight is 384 g/mol. The van der Waals surface area contributed by atoms with Crippen LogP contribution in [0.2, 0.25) is 0 Å². The normalized spacial score (nSPS) is 15.9. The second-order valence-corrected chi connectivity index (χ2v) is 8.29. The molecule has 0 aliphatic carbocycles.